The summed E-state index contributed by atoms with van der Waals surface area (Å²) in [6.45, 7) is 8.83. The van der Waals surface area contributed by atoms with E-state index in [0.717, 1.165) is 24.2 Å². The Bertz CT molecular complexity index is 356. The third-order valence-electron chi connectivity index (χ3n) is 2.98. The maximum absolute atomic E-state index is 5.83. The molecule has 17 heavy (non-hydrogen) atoms. The number of para-hydroxylation sites is 1. The summed E-state index contributed by atoms with van der Waals surface area (Å²) >= 11 is 0. The summed E-state index contributed by atoms with van der Waals surface area (Å²) in [7, 11) is 1.98. The Kier molecular flexibility index (Phi) is 5.78. The van der Waals surface area contributed by atoms with Crippen LogP contribution in [0.3, 0.4) is 0 Å². The van der Waals surface area contributed by atoms with Crippen LogP contribution in [0.15, 0.2) is 36.4 Å². The second-order valence-electron chi connectivity index (χ2n) is 4.18. The van der Waals surface area contributed by atoms with Crippen LogP contribution in [-0.4, -0.2) is 13.7 Å². The molecule has 1 rings (SSSR count). The van der Waals surface area contributed by atoms with Gasteiger partial charge in [-0.05, 0) is 31.5 Å². The number of hydrogen-bond acceptors (Lipinski definition) is 2. The van der Waals surface area contributed by atoms with Crippen LogP contribution in [-0.2, 0) is 0 Å². The van der Waals surface area contributed by atoms with Crippen LogP contribution < -0.4 is 10.1 Å². The normalized spacial score (nSPS) is 12.2. The molecule has 94 valence electrons. The molecule has 2 heteroatoms. The van der Waals surface area contributed by atoms with Crippen LogP contribution >= 0.6 is 0 Å². The van der Waals surface area contributed by atoms with Crippen molar-refractivity contribution in [2.24, 2.45) is 0 Å². The van der Waals surface area contributed by atoms with Crippen LogP contribution in [0.5, 0.6) is 5.75 Å². The van der Waals surface area contributed by atoms with E-state index in [2.05, 4.69) is 37.9 Å². The molecule has 0 fully saturated rings. The Morgan fingerprint density at radius 1 is 1.35 bits per heavy atom. The van der Waals surface area contributed by atoms with Crippen molar-refractivity contribution in [3.05, 3.63) is 42.0 Å². The topological polar surface area (TPSA) is 21.3 Å². The lowest BCUT2D eigenvalue weighted by molar-refractivity contribution is 0.340. The molecule has 1 aromatic carbocycles. The van der Waals surface area contributed by atoms with E-state index in [1.807, 2.05) is 19.2 Å². The van der Waals surface area contributed by atoms with E-state index < -0.39 is 0 Å². The Morgan fingerprint density at radius 2 is 2.06 bits per heavy atom. The highest BCUT2D eigenvalue weighted by Gasteiger charge is 2.11. The van der Waals surface area contributed by atoms with Crippen molar-refractivity contribution in [3.8, 4) is 5.75 Å². The number of nitrogens with one attached hydrogen (secondary N) is 1. The Labute approximate surface area is 105 Å². The molecule has 0 aromatic heterocycles. The SMILES string of the molecule is C=C(CC)COc1ccccc1C(CC)NC. The molecule has 1 atom stereocenters. The van der Waals surface area contributed by atoms with Crippen LogP contribution in [0, 0.1) is 0 Å². The van der Waals surface area contributed by atoms with E-state index in [9.17, 15) is 0 Å². The van der Waals surface area contributed by atoms with Crippen molar-refractivity contribution in [3.63, 3.8) is 0 Å². The van der Waals surface area contributed by atoms with Gasteiger partial charge in [0.25, 0.3) is 0 Å². The summed E-state index contributed by atoms with van der Waals surface area (Å²) in [4.78, 5) is 0. The van der Waals surface area contributed by atoms with Crippen LogP contribution in [0.2, 0.25) is 0 Å². The van der Waals surface area contributed by atoms with E-state index in [-0.39, 0.29) is 0 Å². The molecular weight excluding hydrogens is 210 g/mol. The van der Waals surface area contributed by atoms with E-state index >= 15 is 0 Å². The average molecular weight is 233 g/mol. The highest BCUT2D eigenvalue weighted by Crippen LogP contribution is 2.27. The summed E-state index contributed by atoms with van der Waals surface area (Å²) in [5.41, 5.74) is 2.35. The van der Waals surface area contributed by atoms with Crippen molar-refractivity contribution in [1.29, 1.82) is 0 Å². The van der Waals surface area contributed by atoms with E-state index in [4.69, 9.17) is 4.74 Å². The average Bonchev–Trinajstić information content (AvgIpc) is 2.38. The molecule has 0 saturated heterocycles. The molecule has 1 aromatic rings. The van der Waals surface area contributed by atoms with Gasteiger partial charge in [-0.25, -0.2) is 0 Å². The fourth-order valence-electron chi connectivity index (χ4n) is 1.76. The zero-order chi connectivity index (χ0) is 12.7. The van der Waals surface area contributed by atoms with Gasteiger partial charge in [0.05, 0.1) is 0 Å². The van der Waals surface area contributed by atoms with Gasteiger partial charge in [0, 0.05) is 11.6 Å². The molecule has 0 spiro atoms. The monoisotopic (exact) mass is 233 g/mol. The fraction of sp³-hybridized carbons (Fsp3) is 0.467. The molecule has 0 bridgehead atoms. The molecule has 0 aliphatic rings. The summed E-state index contributed by atoms with van der Waals surface area (Å²) < 4.78 is 5.83. The highest BCUT2D eigenvalue weighted by atomic mass is 16.5. The third-order valence-corrected chi connectivity index (χ3v) is 2.98. The van der Waals surface area contributed by atoms with Crippen molar-refractivity contribution < 1.29 is 4.74 Å². The number of hydrogen-bond donors (Lipinski definition) is 1. The molecular formula is C15H23NO. The number of rotatable bonds is 7. The second-order valence-corrected chi connectivity index (χ2v) is 4.18. The Morgan fingerprint density at radius 3 is 2.65 bits per heavy atom. The molecule has 0 aliphatic heterocycles. The molecule has 0 heterocycles. The van der Waals surface area contributed by atoms with Crippen molar-refractivity contribution in [1.82, 2.24) is 5.32 Å². The predicted octanol–water partition coefficient (Wildman–Crippen LogP) is 3.70. The van der Waals surface area contributed by atoms with Crippen molar-refractivity contribution in [2.75, 3.05) is 13.7 Å². The summed E-state index contributed by atoms with van der Waals surface area (Å²) in [6.07, 6.45) is 2.01. The molecule has 0 radical (unpaired) electrons. The van der Waals surface area contributed by atoms with Gasteiger partial charge in [0.2, 0.25) is 0 Å². The highest BCUT2D eigenvalue weighted by molar-refractivity contribution is 5.36. The number of benzene rings is 1. The first kappa shape index (κ1) is 13.8. The van der Waals surface area contributed by atoms with Crippen LogP contribution in [0.4, 0.5) is 0 Å². The van der Waals surface area contributed by atoms with Crippen LogP contribution in [0.1, 0.15) is 38.3 Å². The fourth-order valence-corrected chi connectivity index (χ4v) is 1.76. The largest absolute Gasteiger partial charge is 0.489 e. The van der Waals surface area contributed by atoms with Gasteiger partial charge >= 0.3 is 0 Å². The minimum absolute atomic E-state index is 0.348. The Hall–Kier alpha value is -1.28. The zero-order valence-corrected chi connectivity index (χ0v) is 11.1. The van der Waals surface area contributed by atoms with E-state index in [1.165, 1.54) is 5.56 Å². The van der Waals surface area contributed by atoms with Gasteiger partial charge in [-0.2, -0.15) is 0 Å². The first-order chi connectivity index (χ1) is 8.22. The maximum Gasteiger partial charge on any atom is 0.124 e. The van der Waals surface area contributed by atoms with Crippen molar-refractivity contribution >= 4 is 0 Å². The summed E-state index contributed by atoms with van der Waals surface area (Å²) in [5.74, 6) is 0.961. The van der Waals surface area contributed by atoms with Gasteiger partial charge < -0.3 is 10.1 Å². The summed E-state index contributed by atoms with van der Waals surface area (Å²) in [5, 5.41) is 3.31. The second kappa shape index (κ2) is 7.13. The quantitative estimate of drug-likeness (QED) is 0.725. The minimum Gasteiger partial charge on any atom is -0.489 e. The smallest absolute Gasteiger partial charge is 0.124 e. The molecule has 1 N–H and O–H groups in total. The molecule has 0 amide bonds. The van der Waals surface area contributed by atoms with Gasteiger partial charge in [-0.3, -0.25) is 0 Å². The van der Waals surface area contributed by atoms with Gasteiger partial charge in [0.15, 0.2) is 0 Å². The van der Waals surface area contributed by atoms with E-state index in [0.29, 0.717) is 12.6 Å². The minimum atomic E-state index is 0.348. The lowest BCUT2D eigenvalue weighted by Gasteiger charge is -2.19. The van der Waals surface area contributed by atoms with Crippen LogP contribution in [0.25, 0.3) is 0 Å². The van der Waals surface area contributed by atoms with Gasteiger partial charge in [-0.15, -0.1) is 0 Å². The molecule has 2 nitrogen and oxygen atoms in total. The van der Waals surface area contributed by atoms with Crippen molar-refractivity contribution in [2.45, 2.75) is 32.7 Å². The van der Waals surface area contributed by atoms with Gasteiger partial charge in [-0.1, -0.05) is 38.6 Å². The molecule has 0 aliphatic carbocycles. The maximum atomic E-state index is 5.83. The third kappa shape index (κ3) is 3.90. The number of ether oxygens (including phenoxy) is 1. The molecule has 1 unspecified atom stereocenters. The summed E-state index contributed by atoms with van der Waals surface area (Å²) in [6, 6.07) is 8.56. The predicted molar refractivity (Wildman–Crippen MR) is 73.5 cm³/mol. The lowest BCUT2D eigenvalue weighted by atomic mass is 10.0. The van der Waals surface area contributed by atoms with E-state index in [1.54, 1.807) is 0 Å². The standard InChI is InChI=1S/C15H23NO/c1-5-12(3)11-17-15-10-8-7-9-13(15)14(6-2)16-4/h7-10,14,16H,3,5-6,11H2,1-2,4H3. The Balaban J connectivity index is 2.80. The van der Waals surface area contributed by atoms with Gasteiger partial charge in [0.1, 0.15) is 12.4 Å². The zero-order valence-electron chi connectivity index (χ0n) is 11.1. The first-order valence-electron chi connectivity index (χ1n) is 6.28. The lowest BCUT2D eigenvalue weighted by Crippen LogP contribution is -2.16. The molecule has 0 saturated carbocycles. The first-order valence-corrected chi connectivity index (χ1v) is 6.28.